The van der Waals surface area contributed by atoms with Crippen LogP contribution in [0.1, 0.15) is 45.7 Å². The van der Waals surface area contributed by atoms with Gasteiger partial charge in [0.25, 0.3) is 0 Å². The minimum absolute atomic E-state index is 0.280. The molecule has 0 unspecified atom stereocenters. The first-order chi connectivity index (χ1) is 12.5. The van der Waals surface area contributed by atoms with Gasteiger partial charge >= 0.3 is 11.9 Å². The first-order valence-electron chi connectivity index (χ1n) is 8.34. The lowest BCUT2D eigenvalue weighted by molar-refractivity contribution is 0.0516. The monoisotopic (exact) mass is 352 g/mol. The van der Waals surface area contributed by atoms with Gasteiger partial charge in [0.05, 0.1) is 24.3 Å². The van der Waals surface area contributed by atoms with Crippen LogP contribution in [0.5, 0.6) is 0 Å². The molecule has 0 aliphatic carbocycles. The molecule has 0 heterocycles. The zero-order chi connectivity index (χ0) is 19.4. The first kappa shape index (κ1) is 20.9. The molecule has 0 aliphatic heterocycles. The van der Waals surface area contributed by atoms with Crippen LogP contribution in [0.15, 0.2) is 61.7 Å². The molecule has 2 rings (SSSR count). The van der Waals surface area contributed by atoms with Crippen molar-refractivity contribution < 1.29 is 19.1 Å². The molecule has 4 nitrogen and oxygen atoms in total. The number of rotatable bonds is 6. The van der Waals surface area contributed by atoms with Gasteiger partial charge in [-0.3, -0.25) is 0 Å². The summed E-state index contributed by atoms with van der Waals surface area (Å²) in [6.07, 6.45) is 3.46. The Hall–Kier alpha value is -3.14. The lowest BCUT2D eigenvalue weighted by Crippen LogP contribution is -2.03. The van der Waals surface area contributed by atoms with E-state index in [0.29, 0.717) is 24.3 Å². The van der Waals surface area contributed by atoms with E-state index in [-0.39, 0.29) is 11.9 Å². The summed E-state index contributed by atoms with van der Waals surface area (Å²) in [6.45, 7) is 11.6. The van der Waals surface area contributed by atoms with Crippen LogP contribution in [0.25, 0.3) is 12.2 Å². The Labute approximate surface area is 154 Å². The zero-order valence-corrected chi connectivity index (χ0v) is 15.2. The Bertz CT molecular complexity index is 662. The summed E-state index contributed by atoms with van der Waals surface area (Å²) in [5, 5.41) is 0. The van der Waals surface area contributed by atoms with Gasteiger partial charge in [-0.05, 0) is 49.2 Å². The Morgan fingerprint density at radius 3 is 1.27 bits per heavy atom. The van der Waals surface area contributed by atoms with Gasteiger partial charge < -0.3 is 9.47 Å². The molecular formula is C22H24O4. The van der Waals surface area contributed by atoms with Crippen LogP contribution in [-0.4, -0.2) is 25.2 Å². The van der Waals surface area contributed by atoms with E-state index in [1.165, 1.54) is 0 Å². The van der Waals surface area contributed by atoms with Crippen LogP contribution in [0.3, 0.4) is 0 Å². The molecule has 2 aromatic rings. The number of esters is 2. The van der Waals surface area contributed by atoms with Gasteiger partial charge in [0, 0.05) is 0 Å². The standard InChI is InChI=1S/2C11H12O2/c2*1-3-9-5-7-10(8-6-9)11(12)13-4-2/h2*3,5-8H,1,4H2,2H3. The lowest BCUT2D eigenvalue weighted by Gasteiger charge is -2.01. The van der Waals surface area contributed by atoms with Gasteiger partial charge in [0.15, 0.2) is 0 Å². The summed E-state index contributed by atoms with van der Waals surface area (Å²) in [6, 6.07) is 14.3. The van der Waals surface area contributed by atoms with Gasteiger partial charge in [-0.15, -0.1) is 0 Å². The van der Waals surface area contributed by atoms with Crippen LogP contribution in [0.2, 0.25) is 0 Å². The van der Waals surface area contributed by atoms with Gasteiger partial charge in [-0.25, -0.2) is 9.59 Å². The normalized spacial score (nSPS) is 9.31. The van der Waals surface area contributed by atoms with Crippen molar-refractivity contribution >= 4 is 24.1 Å². The molecule has 136 valence electrons. The van der Waals surface area contributed by atoms with Crippen molar-refractivity contribution in [2.75, 3.05) is 13.2 Å². The second-order valence-corrected chi connectivity index (χ2v) is 5.09. The third-order valence-electron chi connectivity index (χ3n) is 3.32. The third kappa shape index (κ3) is 6.77. The highest BCUT2D eigenvalue weighted by Crippen LogP contribution is 2.07. The Morgan fingerprint density at radius 2 is 1.04 bits per heavy atom. The largest absolute Gasteiger partial charge is 0.462 e. The maximum absolute atomic E-state index is 11.2. The fourth-order valence-electron chi connectivity index (χ4n) is 1.94. The van der Waals surface area contributed by atoms with Gasteiger partial charge in [-0.2, -0.15) is 0 Å². The highest BCUT2D eigenvalue weighted by molar-refractivity contribution is 5.90. The number of benzene rings is 2. The fourth-order valence-corrected chi connectivity index (χ4v) is 1.94. The van der Waals surface area contributed by atoms with Crippen molar-refractivity contribution in [2.45, 2.75) is 13.8 Å². The summed E-state index contributed by atoms with van der Waals surface area (Å²) >= 11 is 0. The Balaban J connectivity index is 0.000000260. The van der Waals surface area contributed by atoms with Crippen LogP contribution in [-0.2, 0) is 9.47 Å². The van der Waals surface area contributed by atoms with Crippen molar-refractivity contribution in [1.29, 1.82) is 0 Å². The van der Waals surface area contributed by atoms with E-state index in [0.717, 1.165) is 11.1 Å². The van der Waals surface area contributed by atoms with Gasteiger partial charge in [0.2, 0.25) is 0 Å². The van der Waals surface area contributed by atoms with Gasteiger partial charge in [-0.1, -0.05) is 49.6 Å². The first-order valence-corrected chi connectivity index (χ1v) is 8.34. The molecule has 26 heavy (non-hydrogen) atoms. The average molecular weight is 352 g/mol. The lowest BCUT2D eigenvalue weighted by atomic mass is 10.1. The topological polar surface area (TPSA) is 52.6 Å². The number of carbonyl (C=O) groups is 2. The second-order valence-electron chi connectivity index (χ2n) is 5.09. The Morgan fingerprint density at radius 1 is 0.731 bits per heavy atom. The van der Waals surface area contributed by atoms with E-state index in [2.05, 4.69) is 13.2 Å². The smallest absolute Gasteiger partial charge is 0.338 e. The molecule has 0 atom stereocenters. The van der Waals surface area contributed by atoms with Crippen LogP contribution in [0.4, 0.5) is 0 Å². The minimum Gasteiger partial charge on any atom is -0.462 e. The molecular weight excluding hydrogens is 328 g/mol. The van der Waals surface area contributed by atoms with E-state index >= 15 is 0 Å². The summed E-state index contributed by atoms with van der Waals surface area (Å²) in [4.78, 5) is 22.4. The van der Waals surface area contributed by atoms with E-state index in [1.807, 2.05) is 24.3 Å². The predicted octanol–water partition coefficient (Wildman–Crippen LogP) is 5.01. The molecule has 0 bridgehead atoms. The van der Waals surface area contributed by atoms with Crippen molar-refractivity contribution in [3.63, 3.8) is 0 Å². The number of hydrogen-bond donors (Lipinski definition) is 0. The van der Waals surface area contributed by atoms with Crippen molar-refractivity contribution in [3.8, 4) is 0 Å². The quantitative estimate of drug-likeness (QED) is 0.686. The zero-order valence-electron chi connectivity index (χ0n) is 15.2. The second kappa shape index (κ2) is 11.4. The molecule has 0 saturated heterocycles. The van der Waals surface area contributed by atoms with E-state index in [4.69, 9.17) is 9.47 Å². The molecule has 0 fully saturated rings. The average Bonchev–Trinajstić information content (AvgIpc) is 2.69. The van der Waals surface area contributed by atoms with Crippen LogP contribution >= 0.6 is 0 Å². The maximum Gasteiger partial charge on any atom is 0.338 e. The predicted molar refractivity (Wildman–Crippen MR) is 105 cm³/mol. The molecule has 0 aromatic heterocycles. The molecule has 2 aromatic carbocycles. The summed E-state index contributed by atoms with van der Waals surface area (Å²) in [5.41, 5.74) is 3.14. The van der Waals surface area contributed by atoms with Gasteiger partial charge in [0.1, 0.15) is 0 Å². The van der Waals surface area contributed by atoms with E-state index in [9.17, 15) is 9.59 Å². The van der Waals surface area contributed by atoms with Crippen LogP contribution in [0, 0.1) is 0 Å². The molecule has 0 saturated carbocycles. The third-order valence-corrected chi connectivity index (χ3v) is 3.32. The molecule has 0 spiro atoms. The van der Waals surface area contributed by atoms with E-state index < -0.39 is 0 Å². The highest BCUT2D eigenvalue weighted by atomic mass is 16.5. The van der Waals surface area contributed by atoms with Crippen molar-refractivity contribution in [1.82, 2.24) is 0 Å². The maximum atomic E-state index is 11.2. The molecule has 0 aliphatic rings. The SMILES string of the molecule is C=Cc1ccc(C(=O)OCC)cc1.C=Cc1ccc(C(=O)OCC)cc1. The molecule has 0 N–H and O–H groups in total. The summed E-state index contributed by atoms with van der Waals surface area (Å²) in [7, 11) is 0. The van der Waals surface area contributed by atoms with Crippen LogP contribution < -0.4 is 0 Å². The highest BCUT2D eigenvalue weighted by Gasteiger charge is 2.04. The minimum atomic E-state index is -0.280. The molecule has 0 radical (unpaired) electrons. The van der Waals surface area contributed by atoms with Crippen molar-refractivity contribution in [2.24, 2.45) is 0 Å². The number of ether oxygens (including phenoxy) is 2. The number of hydrogen-bond acceptors (Lipinski definition) is 4. The summed E-state index contributed by atoms with van der Waals surface area (Å²) < 4.78 is 9.67. The van der Waals surface area contributed by atoms with E-state index in [1.54, 1.807) is 50.3 Å². The van der Waals surface area contributed by atoms with Crippen molar-refractivity contribution in [3.05, 3.63) is 83.9 Å². The number of carbonyl (C=O) groups excluding carboxylic acids is 2. The summed E-state index contributed by atoms with van der Waals surface area (Å²) in [5.74, 6) is -0.559. The Kier molecular flexibility index (Phi) is 9.18. The molecule has 0 amide bonds. The fraction of sp³-hybridized carbons (Fsp3) is 0.182. The molecule has 4 heteroatoms.